The molecule has 2 rings (SSSR count). The van der Waals surface area contributed by atoms with Gasteiger partial charge in [-0.1, -0.05) is 0 Å². The third-order valence-electron chi connectivity index (χ3n) is 2.86. The van der Waals surface area contributed by atoms with Gasteiger partial charge in [0.1, 0.15) is 0 Å². The van der Waals surface area contributed by atoms with Gasteiger partial charge in [-0.25, -0.2) is 4.39 Å². The Bertz CT molecular complexity index is 509. The van der Waals surface area contributed by atoms with Gasteiger partial charge >= 0.3 is 0 Å². The van der Waals surface area contributed by atoms with Crippen LogP contribution < -0.4 is 4.90 Å². The highest BCUT2D eigenvalue weighted by atomic mass is 35.5. The number of nitrogens with zero attached hydrogens (tertiary/aromatic N) is 2. The highest BCUT2D eigenvalue weighted by Crippen LogP contribution is 2.29. The van der Waals surface area contributed by atoms with E-state index in [0.717, 1.165) is 6.07 Å². The molecule has 1 aliphatic rings. The Labute approximate surface area is 107 Å². The maximum absolute atomic E-state index is 13.7. The normalized spacial score (nSPS) is 19.3. The lowest BCUT2D eigenvalue weighted by Crippen LogP contribution is -2.25. The summed E-state index contributed by atoms with van der Waals surface area (Å²) in [5.74, 6) is -0.661. The minimum atomic E-state index is -0.771. The van der Waals surface area contributed by atoms with Crippen LogP contribution in [0.2, 0.25) is 0 Å². The summed E-state index contributed by atoms with van der Waals surface area (Å²) in [5.41, 5.74) is -0.269. The summed E-state index contributed by atoms with van der Waals surface area (Å²) in [6.07, 6.45) is 0.278. The Hall–Kier alpha value is -1.69. The maximum atomic E-state index is 13.7. The average molecular weight is 273 g/mol. The molecule has 0 aliphatic carbocycles. The van der Waals surface area contributed by atoms with Crippen LogP contribution in [-0.4, -0.2) is 23.3 Å². The van der Waals surface area contributed by atoms with Gasteiger partial charge in [0.2, 0.25) is 5.91 Å². The number of alkyl halides is 1. The highest BCUT2D eigenvalue weighted by Gasteiger charge is 2.31. The molecule has 0 aromatic heterocycles. The number of nitro groups is 1. The SMILES string of the molecule is O=C1CC(CCl)CN1c1ccc([N+](=O)[O-])cc1F. The fourth-order valence-electron chi connectivity index (χ4n) is 1.95. The van der Waals surface area contributed by atoms with Crippen LogP contribution in [0.3, 0.4) is 0 Å². The van der Waals surface area contributed by atoms with E-state index in [9.17, 15) is 19.3 Å². The van der Waals surface area contributed by atoms with Crippen molar-refractivity contribution in [2.75, 3.05) is 17.3 Å². The Morgan fingerprint density at radius 1 is 1.56 bits per heavy atom. The number of amides is 1. The molecule has 1 aliphatic heterocycles. The van der Waals surface area contributed by atoms with E-state index in [1.807, 2.05) is 0 Å². The molecule has 0 spiro atoms. The number of carbonyl (C=O) groups excluding carboxylic acids is 1. The van der Waals surface area contributed by atoms with Crippen molar-refractivity contribution in [2.24, 2.45) is 5.92 Å². The minimum Gasteiger partial charge on any atom is -0.309 e. The monoisotopic (exact) mass is 272 g/mol. The fourth-order valence-corrected chi connectivity index (χ4v) is 2.15. The first kappa shape index (κ1) is 12.8. The predicted octanol–water partition coefficient (Wildman–Crippen LogP) is 2.33. The van der Waals surface area contributed by atoms with Gasteiger partial charge in [0.25, 0.3) is 5.69 Å². The van der Waals surface area contributed by atoms with Gasteiger partial charge < -0.3 is 4.90 Å². The number of hydrogen-bond donors (Lipinski definition) is 0. The number of rotatable bonds is 3. The van der Waals surface area contributed by atoms with E-state index in [2.05, 4.69) is 0 Å². The molecule has 1 aromatic carbocycles. The second kappa shape index (κ2) is 4.89. The van der Waals surface area contributed by atoms with E-state index in [-0.39, 0.29) is 29.6 Å². The fraction of sp³-hybridized carbons (Fsp3) is 0.364. The summed E-state index contributed by atoms with van der Waals surface area (Å²) in [5, 5.41) is 10.5. The second-order valence-corrected chi connectivity index (χ2v) is 4.43. The van der Waals surface area contributed by atoms with Crippen LogP contribution in [0, 0.1) is 21.8 Å². The molecule has 1 heterocycles. The van der Waals surface area contributed by atoms with Crippen LogP contribution in [0.1, 0.15) is 6.42 Å². The molecule has 0 saturated carbocycles. The first-order chi connectivity index (χ1) is 8.52. The minimum absolute atomic E-state index is 0.00578. The van der Waals surface area contributed by atoms with Crippen molar-refractivity contribution in [1.82, 2.24) is 0 Å². The van der Waals surface area contributed by atoms with Crippen molar-refractivity contribution in [3.05, 3.63) is 34.1 Å². The van der Waals surface area contributed by atoms with Gasteiger partial charge in [0.15, 0.2) is 5.82 Å². The van der Waals surface area contributed by atoms with Crippen molar-refractivity contribution in [2.45, 2.75) is 6.42 Å². The van der Waals surface area contributed by atoms with Crippen molar-refractivity contribution < 1.29 is 14.1 Å². The lowest BCUT2D eigenvalue weighted by atomic mass is 10.1. The number of hydrogen-bond acceptors (Lipinski definition) is 3. The number of carbonyl (C=O) groups is 1. The number of non-ortho nitro benzene ring substituents is 1. The van der Waals surface area contributed by atoms with Gasteiger partial charge in [-0.3, -0.25) is 14.9 Å². The smallest absolute Gasteiger partial charge is 0.272 e. The molecule has 7 heteroatoms. The molecule has 1 amide bonds. The van der Waals surface area contributed by atoms with Crippen molar-refractivity contribution >= 4 is 28.9 Å². The molecule has 0 bridgehead atoms. The topological polar surface area (TPSA) is 63.5 Å². The summed E-state index contributed by atoms with van der Waals surface area (Å²) < 4.78 is 13.7. The first-order valence-corrected chi connectivity index (χ1v) is 5.86. The standard InChI is InChI=1S/C11H10ClFN2O3/c12-5-7-3-11(16)14(6-7)10-2-1-8(15(17)18)4-9(10)13/h1-2,4,7H,3,5-6H2. The quantitative estimate of drug-likeness (QED) is 0.482. The molecule has 96 valence electrons. The number of nitro benzene ring substituents is 1. The summed E-state index contributed by atoms with van der Waals surface area (Å²) in [6, 6.07) is 3.25. The van der Waals surface area contributed by atoms with Gasteiger partial charge in [-0.2, -0.15) is 0 Å². The van der Waals surface area contributed by atoms with E-state index in [1.54, 1.807) is 0 Å². The molecule has 5 nitrogen and oxygen atoms in total. The lowest BCUT2D eigenvalue weighted by molar-refractivity contribution is -0.385. The predicted molar refractivity (Wildman–Crippen MR) is 64.2 cm³/mol. The third-order valence-corrected chi connectivity index (χ3v) is 3.29. The molecule has 0 radical (unpaired) electrons. The third kappa shape index (κ3) is 2.28. The van der Waals surface area contributed by atoms with Crippen molar-refractivity contribution in [1.29, 1.82) is 0 Å². The second-order valence-electron chi connectivity index (χ2n) is 4.12. The largest absolute Gasteiger partial charge is 0.309 e. The molecule has 1 saturated heterocycles. The Morgan fingerprint density at radius 3 is 2.78 bits per heavy atom. The van der Waals surface area contributed by atoms with Crippen molar-refractivity contribution in [3.63, 3.8) is 0 Å². The summed E-state index contributed by atoms with van der Waals surface area (Å²) in [6.45, 7) is 0.344. The van der Waals surface area contributed by atoms with Crippen LogP contribution in [0.4, 0.5) is 15.8 Å². The molecule has 1 aromatic rings. The zero-order valence-corrected chi connectivity index (χ0v) is 10.1. The number of benzene rings is 1. The summed E-state index contributed by atoms with van der Waals surface area (Å²) in [7, 11) is 0. The highest BCUT2D eigenvalue weighted by molar-refractivity contribution is 6.18. The van der Waals surface area contributed by atoms with Crippen LogP contribution >= 0.6 is 11.6 Å². The van der Waals surface area contributed by atoms with Crippen LogP contribution in [0.15, 0.2) is 18.2 Å². The van der Waals surface area contributed by atoms with E-state index < -0.39 is 10.7 Å². The van der Waals surface area contributed by atoms with Crippen LogP contribution in [0.25, 0.3) is 0 Å². The number of halogens is 2. The van der Waals surface area contributed by atoms with Crippen LogP contribution in [0.5, 0.6) is 0 Å². The zero-order valence-electron chi connectivity index (χ0n) is 9.31. The molecule has 1 atom stereocenters. The van der Waals surface area contributed by atoms with E-state index >= 15 is 0 Å². The maximum Gasteiger partial charge on any atom is 0.272 e. The Balaban J connectivity index is 2.29. The van der Waals surface area contributed by atoms with Gasteiger partial charge in [0, 0.05) is 24.9 Å². The first-order valence-electron chi connectivity index (χ1n) is 5.33. The van der Waals surface area contributed by atoms with Gasteiger partial charge in [-0.15, -0.1) is 11.6 Å². The molecular formula is C11H10ClFN2O3. The molecule has 1 unspecified atom stereocenters. The molecule has 1 fully saturated rings. The molecule has 0 N–H and O–H groups in total. The van der Waals surface area contributed by atoms with Gasteiger partial charge in [0.05, 0.1) is 16.7 Å². The Kier molecular flexibility index (Phi) is 3.47. The summed E-state index contributed by atoms with van der Waals surface area (Å²) >= 11 is 5.67. The summed E-state index contributed by atoms with van der Waals surface area (Å²) in [4.78, 5) is 22.8. The van der Waals surface area contributed by atoms with E-state index in [0.29, 0.717) is 12.4 Å². The Morgan fingerprint density at radius 2 is 2.28 bits per heavy atom. The lowest BCUT2D eigenvalue weighted by Gasteiger charge is -2.16. The van der Waals surface area contributed by atoms with Crippen molar-refractivity contribution in [3.8, 4) is 0 Å². The van der Waals surface area contributed by atoms with Crippen LogP contribution in [-0.2, 0) is 4.79 Å². The molecule has 18 heavy (non-hydrogen) atoms. The van der Waals surface area contributed by atoms with E-state index in [4.69, 9.17) is 11.6 Å². The molecular weight excluding hydrogens is 263 g/mol. The number of anilines is 1. The van der Waals surface area contributed by atoms with E-state index in [1.165, 1.54) is 17.0 Å². The average Bonchev–Trinajstić information content (AvgIpc) is 2.70. The zero-order chi connectivity index (χ0) is 13.3. The van der Waals surface area contributed by atoms with Gasteiger partial charge in [-0.05, 0) is 12.0 Å².